The third-order valence-corrected chi connectivity index (χ3v) is 6.11. The van der Waals surface area contributed by atoms with Crippen molar-refractivity contribution in [1.29, 1.82) is 0 Å². The second kappa shape index (κ2) is 9.61. The monoisotopic (exact) mass is 447 g/mol. The van der Waals surface area contributed by atoms with E-state index in [2.05, 4.69) is 5.32 Å². The summed E-state index contributed by atoms with van der Waals surface area (Å²) >= 11 is 0. The minimum Gasteiger partial charge on any atom is -0.485 e. The molecule has 0 saturated carbocycles. The molecule has 0 bridgehead atoms. The molecule has 0 aromatic heterocycles. The van der Waals surface area contributed by atoms with E-state index in [0.29, 0.717) is 11.5 Å². The number of benzene rings is 2. The molecule has 0 aliphatic carbocycles. The van der Waals surface area contributed by atoms with Gasteiger partial charge in [0.25, 0.3) is 11.8 Å². The number of carbonyl (C=O) groups excluding carboxylic acids is 3. The third-order valence-electron chi connectivity index (χ3n) is 4.38. The number of fused-ring (bicyclic) bond motifs is 1. The van der Waals surface area contributed by atoms with Crippen LogP contribution in [0.2, 0.25) is 0 Å². The number of imide groups is 1. The van der Waals surface area contributed by atoms with Gasteiger partial charge in [-0.15, -0.1) is 0 Å². The molecule has 9 nitrogen and oxygen atoms in total. The number of nitrogens with one attached hydrogen (secondary N) is 1. The minimum absolute atomic E-state index is 0.0766. The first-order valence-electron chi connectivity index (χ1n) is 9.42. The molecule has 1 aliphatic rings. The van der Waals surface area contributed by atoms with Crippen LogP contribution >= 0.6 is 0 Å². The molecule has 0 radical (unpaired) electrons. The number of sulfone groups is 1. The van der Waals surface area contributed by atoms with Crippen LogP contribution in [-0.2, 0) is 29.0 Å². The summed E-state index contributed by atoms with van der Waals surface area (Å²) in [6.07, 6.45) is -1.46. The van der Waals surface area contributed by atoms with E-state index >= 15 is 0 Å². The van der Waals surface area contributed by atoms with E-state index in [9.17, 15) is 22.8 Å². The fourth-order valence-corrected chi connectivity index (χ4v) is 3.92. The third kappa shape index (κ3) is 6.05. The smallest absolute Gasteiger partial charge is 0.307 e. The largest absolute Gasteiger partial charge is 0.485 e. The lowest BCUT2D eigenvalue weighted by atomic mass is 10.2. The highest BCUT2D eigenvalue weighted by atomic mass is 32.2. The SMILES string of the molecule is Cc1ccc(S(=O)(=O)CCC(=O)OCC(=O)NC(=O)[C@H]2COc3ccccc3O2)cc1. The van der Waals surface area contributed by atoms with Crippen LogP contribution in [0.1, 0.15) is 12.0 Å². The van der Waals surface area contributed by atoms with Gasteiger partial charge in [0.05, 0.1) is 17.1 Å². The number of rotatable bonds is 7. The second-order valence-corrected chi connectivity index (χ2v) is 8.93. The lowest BCUT2D eigenvalue weighted by molar-refractivity contribution is -0.150. The number of para-hydroxylation sites is 2. The van der Waals surface area contributed by atoms with Crippen molar-refractivity contribution in [2.24, 2.45) is 0 Å². The van der Waals surface area contributed by atoms with Crippen molar-refractivity contribution in [3.8, 4) is 11.5 Å². The summed E-state index contributed by atoms with van der Waals surface area (Å²) in [5.41, 5.74) is 0.910. The van der Waals surface area contributed by atoms with Crippen LogP contribution in [0.3, 0.4) is 0 Å². The average Bonchev–Trinajstić information content (AvgIpc) is 2.76. The Morgan fingerprint density at radius 1 is 1.06 bits per heavy atom. The average molecular weight is 447 g/mol. The van der Waals surface area contributed by atoms with Crippen molar-refractivity contribution in [3.63, 3.8) is 0 Å². The van der Waals surface area contributed by atoms with Crippen LogP contribution in [0.5, 0.6) is 11.5 Å². The Hall–Kier alpha value is -3.40. The first-order chi connectivity index (χ1) is 14.7. The topological polar surface area (TPSA) is 125 Å². The summed E-state index contributed by atoms with van der Waals surface area (Å²) in [5.74, 6) is -2.05. The van der Waals surface area contributed by atoms with E-state index < -0.39 is 52.5 Å². The van der Waals surface area contributed by atoms with Crippen LogP contribution in [0.4, 0.5) is 0 Å². The lowest BCUT2D eigenvalue weighted by Crippen LogP contribution is -2.47. The number of esters is 1. The molecule has 1 heterocycles. The second-order valence-electron chi connectivity index (χ2n) is 6.82. The summed E-state index contributed by atoms with van der Waals surface area (Å²) in [7, 11) is -3.65. The Morgan fingerprint density at radius 3 is 2.45 bits per heavy atom. The molecule has 1 aliphatic heterocycles. The van der Waals surface area contributed by atoms with Gasteiger partial charge in [0.15, 0.2) is 27.9 Å². The Labute approximate surface area is 179 Å². The number of hydrogen-bond acceptors (Lipinski definition) is 8. The Balaban J connectivity index is 1.41. The van der Waals surface area contributed by atoms with Crippen LogP contribution in [-0.4, -0.2) is 51.3 Å². The van der Waals surface area contributed by atoms with E-state index in [1.54, 1.807) is 36.4 Å². The predicted octanol–water partition coefficient (Wildman–Crippen LogP) is 1.18. The summed E-state index contributed by atoms with van der Waals surface area (Å²) in [5, 5.41) is 2.06. The van der Waals surface area contributed by atoms with Crippen molar-refractivity contribution >= 4 is 27.6 Å². The fraction of sp³-hybridized carbons (Fsp3) is 0.286. The Kier molecular flexibility index (Phi) is 6.91. The quantitative estimate of drug-likeness (QED) is 0.628. The van der Waals surface area contributed by atoms with Gasteiger partial charge in [0.2, 0.25) is 6.10 Å². The maximum atomic E-state index is 12.2. The molecule has 0 saturated heterocycles. The first kappa shape index (κ1) is 22.3. The van der Waals surface area contributed by atoms with Gasteiger partial charge in [0, 0.05) is 0 Å². The Bertz CT molecular complexity index is 1080. The van der Waals surface area contributed by atoms with Crippen molar-refractivity contribution in [2.45, 2.75) is 24.3 Å². The van der Waals surface area contributed by atoms with Gasteiger partial charge in [-0.25, -0.2) is 8.42 Å². The molecule has 1 atom stereocenters. The van der Waals surface area contributed by atoms with Crippen LogP contribution in [0.15, 0.2) is 53.4 Å². The van der Waals surface area contributed by atoms with E-state index in [1.807, 2.05) is 6.92 Å². The molecule has 2 aromatic carbocycles. The van der Waals surface area contributed by atoms with E-state index in [1.165, 1.54) is 12.1 Å². The minimum atomic E-state index is -3.65. The standard InChI is InChI=1S/C21H21NO8S/c1-14-6-8-15(9-7-14)31(26,27)11-10-20(24)29-13-19(23)22-21(25)18-12-28-16-4-2-3-5-17(16)30-18/h2-9,18H,10-13H2,1H3,(H,22,23,25)/t18-/m1/s1. The summed E-state index contributed by atoms with van der Waals surface area (Å²) in [6, 6.07) is 13.0. The van der Waals surface area contributed by atoms with Gasteiger partial charge >= 0.3 is 5.97 Å². The molecule has 0 unspecified atom stereocenters. The van der Waals surface area contributed by atoms with Gasteiger partial charge in [-0.05, 0) is 31.2 Å². The molecule has 0 spiro atoms. The molecule has 0 fully saturated rings. The molecular formula is C21H21NO8S. The van der Waals surface area contributed by atoms with Crippen molar-refractivity contribution < 1.29 is 37.0 Å². The first-order valence-corrected chi connectivity index (χ1v) is 11.1. The van der Waals surface area contributed by atoms with E-state index in [4.69, 9.17) is 14.2 Å². The number of ether oxygens (including phenoxy) is 3. The molecule has 1 N–H and O–H groups in total. The van der Waals surface area contributed by atoms with Gasteiger partial charge in [0.1, 0.15) is 6.61 Å². The maximum absolute atomic E-state index is 12.2. The summed E-state index contributed by atoms with van der Waals surface area (Å²) < 4.78 is 40.1. The predicted molar refractivity (Wildman–Crippen MR) is 108 cm³/mol. The van der Waals surface area contributed by atoms with Crippen molar-refractivity contribution in [3.05, 3.63) is 54.1 Å². The molecule has 164 valence electrons. The molecular weight excluding hydrogens is 426 g/mol. The lowest BCUT2D eigenvalue weighted by Gasteiger charge is -2.25. The van der Waals surface area contributed by atoms with Gasteiger partial charge < -0.3 is 14.2 Å². The van der Waals surface area contributed by atoms with Crippen LogP contribution in [0, 0.1) is 6.92 Å². The number of carbonyl (C=O) groups is 3. The summed E-state index contributed by atoms with van der Waals surface area (Å²) in [4.78, 5) is 35.9. The van der Waals surface area contributed by atoms with Crippen LogP contribution < -0.4 is 14.8 Å². The fourth-order valence-electron chi connectivity index (χ4n) is 2.70. The molecule has 2 aromatic rings. The highest BCUT2D eigenvalue weighted by molar-refractivity contribution is 7.91. The van der Waals surface area contributed by atoms with Gasteiger partial charge in [-0.2, -0.15) is 0 Å². The van der Waals surface area contributed by atoms with E-state index in [-0.39, 0.29) is 11.5 Å². The summed E-state index contributed by atoms with van der Waals surface area (Å²) in [6.45, 7) is 1.03. The van der Waals surface area contributed by atoms with Gasteiger partial charge in [-0.1, -0.05) is 29.8 Å². The zero-order valence-electron chi connectivity index (χ0n) is 16.7. The van der Waals surface area contributed by atoms with Crippen LogP contribution in [0.25, 0.3) is 0 Å². The number of amides is 2. The normalized spacial score (nSPS) is 15.1. The molecule has 3 rings (SSSR count). The highest BCUT2D eigenvalue weighted by Crippen LogP contribution is 2.30. The number of hydrogen-bond donors (Lipinski definition) is 1. The molecule has 31 heavy (non-hydrogen) atoms. The maximum Gasteiger partial charge on any atom is 0.307 e. The Morgan fingerprint density at radius 2 is 1.74 bits per heavy atom. The van der Waals surface area contributed by atoms with Gasteiger partial charge in [-0.3, -0.25) is 19.7 Å². The van der Waals surface area contributed by atoms with E-state index in [0.717, 1.165) is 5.56 Å². The highest BCUT2D eigenvalue weighted by Gasteiger charge is 2.28. The van der Waals surface area contributed by atoms with Crippen molar-refractivity contribution in [1.82, 2.24) is 5.32 Å². The molecule has 2 amide bonds. The zero-order valence-corrected chi connectivity index (χ0v) is 17.5. The van der Waals surface area contributed by atoms with Crippen molar-refractivity contribution in [2.75, 3.05) is 19.0 Å². The zero-order chi connectivity index (χ0) is 22.4. The molecule has 10 heteroatoms. The number of aryl methyl sites for hydroxylation is 1.